The average Bonchev–Trinajstić information content (AvgIpc) is 1.37. The maximum absolute atomic E-state index is 4.93. The van der Waals surface area contributed by atoms with Crippen molar-refractivity contribution in [3.63, 3.8) is 0 Å². The molecule has 0 aliphatic carbocycles. The molecule has 0 atom stereocenters. The van der Waals surface area contributed by atoms with Crippen LogP contribution in [0, 0.1) is 0 Å². The van der Waals surface area contributed by atoms with E-state index in [1.807, 2.05) is 0 Å². The molecule has 0 heterocycles. The maximum atomic E-state index is 4.93. The van der Waals surface area contributed by atoms with E-state index in [2.05, 4.69) is 0 Å². The van der Waals surface area contributed by atoms with Gasteiger partial charge in [0.1, 0.15) is 0 Å². The van der Waals surface area contributed by atoms with Crippen molar-refractivity contribution in [2.45, 2.75) is 7.43 Å². The summed E-state index contributed by atoms with van der Waals surface area (Å²) in [6, 6.07) is 0. The highest BCUT2D eigenvalue weighted by molar-refractivity contribution is 8.92. The van der Waals surface area contributed by atoms with Crippen LogP contribution >= 0.6 is 41.4 Å². The van der Waals surface area contributed by atoms with Crippen LogP contribution in [-0.2, 0) is 0 Å². The molecular weight excluding hydrogens is 147 g/mol. The van der Waals surface area contributed by atoms with Crippen molar-refractivity contribution < 1.29 is 0 Å². The Labute approximate surface area is 49.0 Å². The molecule has 0 saturated heterocycles. The van der Waals surface area contributed by atoms with Crippen molar-refractivity contribution in [1.29, 1.82) is 0 Å². The molecular formula is CH4Cl2S2. The maximum Gasteiger partial charge on any atom is 0.0305 e. The molecule has 0 aliphatic rings. The van der Waals surface area contributed by atoms with Crippen LogP contribution in [0.4, 0.5) is 0 Å². The summed E-state index contributed by atoms with van der Waals surface area (Å²) in [5.74, 6) is 0. The molecule has 0 saturated carbocycles. The van der Waals surface area contributed by atoms with Crippen molar-refractivity contribution >= 4 is 41.4 Å². The highest BCUT2D eigenvalue weighted by Gasteiger charge is 1.63. The van der Waals surface area contributed by atoms with Crippen molar-refractivity contribution in [3.8, 4) is 0 Å². The highest BCUT2D eigenvalue weighted by atomic mass is 35.8. The van der Waals surface area contributed by atoms with Gasteiger partial charge in [-0.05, 0) is 21.4 Å². The zero-order chi connectivity index (χ0) is 3.41. The first-order valence-corrected chi connectivity index (χ1v) is 4.28. The smallest absolute Gasteiger partial charge is 0.0305 e. The van der Waals surface area contributed by atoms with Crippen molar-refractivity contribution in [2.24, 2.45) is 0 Å². The van der Waals surface area contributed by atoms with E-state index in [4.69, 9.17) is 21.4 Å². The van der Waals surface area contributed by atoms with Crippen LogP contribution in [0.15, 0.2) is 0 Å². The fraction of sp³-hybridized carbons (Fsp3) is 1.00. The van der Waals surface area contributed by atoms with Crippen LogP contribution in [0.1, 0.15) is 7.43 Å². The van der Waals surface area contributed by atoms with Gasteiger partial charge in [-0.3, -0.25) is 0 Å². The number of halogens is 2. The fourth-order valence-corrected chi connectivity index (χ4v) is 0. The third kappa shape index (κ3) is 10.9. The first-order valence-electron chi connectivity index (χ1n) is 0.475. The van der Waals surface area contributed by atoms with Gasteiger partial charge in [0.2, 0.25) is 0 Å². The number of hydrogen-bond donors (Lipinski definition) is 0. The minimum Gasteiger partial charge on any atom is -0.0776 e. The van der Waals surface area contributed by atoms with Crippen LogP contribution in [0.5, 0.6) is 0 Å². The molecule has 34 valence electrons. The quantitative estimate of drug-likeness (QED) is 0.527. The summed E-state index contributed by atoms with van der Waals surface area (Å²) in [5.41, 5.74) is 0. The summed E-state index contributed by atoms with van der Waals surface area (Å²) in [5, 5.41) is 0. The molecule has 0 unspecified atom stereocenters. The standard InChI is InChI=1S/CH4.Cl2S2/c;1-3-4-2/h1H4;. The van der Waals surface area contributed by atoms with Gasteiger partial charge < -0.3 is 0 Å². The lowest BCUT2D eigenvalue weighted by Gasteiger charge is -1.60. The Bertz CT molecular complexity index is 9.61. The van der Waals surface area contributed by atoms with Gasteiger partial charge in [-0.15, -0.1) is 0 Å². The summed E-state index contributed by atoms with van der Waals surface area (Å²) in [7, 11) is 11.9. The molecule has 0 nitrogen and oxygen atoms in total. The molecule has 5 heavy (non-hydrogen) atoms. The third-order valence-corrected chi connectivity index (χ3v) is 1.93. The second-order valence-corrected chi connectivity index (χ2v) is 3.40. The summed E-state index contributed by atoms with van der Waals surface area (Å²) < 4.78 is 0. The van der Waals surface area contributed by atoms with E-state index in [9.17, 15) is 0 Å². The SMILES string of the molecule is C.ClSSCl. The molecule has 0 bridgehead atoms. The fourth-order valence-electron chi connectivity index (χ4n) is 0. The molecule has 0 aromatic rings. The average molecular weight is 151 g/mol. The molecule has 0 amide bonds. The van der Waals surface area contributed by atoms with Crippen molar-refractivity contribution in [1.82, 2.24) is 0 Å². The van der Waals surface area contributed by atoms with E-state index in [0.717, 1.165) is 20.0 Å². The zero-order valence-corrected chi connectivity index (χ0v) is 4.72. The summed E-state index contributed by atoms with van der Waals surface area (Å²) in [6.45, 7) is 0. The van der Waals surface area contributed by atoms with E-state index >= 15 is 0 Å². The van der Waals surface area contributed by atoms with E-state index in [1.165, 1.54) is 0 Å². The molecule has 0 rings (SSSR count). The molecule has 4 heteroatoms. The Kier molecular flexibility index (Phi) is 17.2. The van der Waals surface area contributed by atoms with Gasteiger partial charge in [-0.25, -0.2) is 0 Å². The van der Waals surface area contributed by atoms with E-state index in [0.29, 0.717) is 0 Å². The minimum absolute atomic E-state index is 0. The van der Waals surface area contributed by atoms with Gasteiger partial charge in [0, 0.05) is 20.0 Å². The monoisotopic (exact) mass is 150 g/mol. The predicted octanol–water partition coefficient (Wildman–Crippen LogP) is 3.31. The van der Waals surface area contributed by atoms with Gasteiger partial charge in [0.05, 0.1) is 0 Å². The second kappa shape index (κ2) is 8.99. The Morgan fingerprint density at radius 3 is 1.20 bits per heavy atom. The summed E-state index contributed by atoms with van der Waals surface area (Å²) in [4.78, 5) is 0. The van der Waals surface area contributed by atoms with Crippen LogP contribution in [0.25, 0.3) is 0 Å². The lowest BCUT2D eigenvalue weighted by molar-refractivity contribution is 2.50. The normalized spacial score (nSPS) is 6.00. The molecule has 0 aromatic carbocycles. The Hall–Kier alpha value is 1.28. The number of hydrogen-bond acceptors (Lipinski definition) is 2. The summed E-state index contributed by atoms with van der Waals surface area (Å²) >= 11 is 0. The van der Waals surface area contributed by atoms with E-state index in [1.54, 1.807) is 0 Å². The summed E-state index contributed by atoms with van der Waals surface area (Å²) in [6.07, 6.45) is 0. The molecule has 0 aromatic heterocycles. The van der Waals surface area contributed by atoms with Crippen LogP contribution in [0.2, 0.25) is 0 Å². The molecule has 0 N–H and O–H groups in total. The largest absolute Gasteiger partial charge is 0.0776 e. The van der Waals surface area contributed by atoms with E-state index in [-0.39, 0.29) is 7.43 Å². The van der Waals surface area contributed by atoms with Crippen LogP contribution < -0.4 is 0 Å². The minimum atomic E-state index is 0. The highest BCUT2D eigenvalue weighted by Crippen LogP contribution is 2.28. The van der Waals surface area contributed by atoms with Gasteiger partial charge in [-0.2, -0.15) is 0 Å². The lowest BCUT2D eigenvalue weighted by Crippen LogP contribution is -0.958. The first-order chi connectivity index (χ1) is 1.91. The molecule has 0 radical (unpaired) electrons. The van der Waals surface area contributed by atoms with Crippen molar-refractivity contribution in [3.05, 3.63) is 0 Å². The molecule has 0 spiro atoms. The number of rotatable bonds is 1. The van der Waals surface area contributed by atoms with Gasteiger partial charge in [-0.1, -0.05) is 7.43 Å². The van der Waals surface area contributed by atoms with E-state index < -0.39 is 0 Å². The topological polar surface area (TPSA) is 0 Å². The molecule has 0 fully saturated rings. The lowest BCUT2D eigenvalue weighted by atomic mass is 12.0. The third-order valence-electron chi connectivity index (χ3n) is 0.0238. The Balaban J connectivity index is 0. The van der Waals surface area contributed by atoms with Gasteiger partial charge in [0.25, 0.3) is 0 Å². The Morgan fingerprint density at radius 2 is 1.20 bits per heavy atom. The van der Waals surface area contributed by atoms with Gasteiger partial charge in [0.15, 0.2) is 0 Å². The second-order valence-electron chi connectivity index (χ2n) is 0.126. The zero-order valence-electron chi connectivity index (χ0n) is 1.57. The van der Waals surface area contributed by atoms with Crippen molar-refractivity contribution in [2.75, 3.05) is 0 Å². The van der Waals surface area contributed by atoms with Crippen LogP contribution in [0.3, 0.4) is 0 Å². The predicted molar refractivity (Wildman–Crippen MR) is 33.6 cm³/mol. The first kappa shape index (κ1) is 9.56. The molecule has 0 aliphatic heterocycles. The van der Waals surface area contributed by atoms with Crippen LogP contribution in [-0.4, -0.2) is 0 Å². The Morgan fingerprint density at radius 1 is 1.00 bits per heavy atom. The van der Waals surface area contributed by atoms with Gasteiger partial charge >= 0.3 is 0 Å².